The molecule has 3 rings (SSSR count). The molecule has 0 spiro atoms. The molecule has 0 saturated carbocycles. The molecule has 0 aliphatic heterocycles. The Morgan fingerprint density at radius 1 is 0.906 bits per heavy atom. The molecule has 7 heteroatoms. The Morgan fingerprint density at radius 2 is 1.53 bits per heavy atom. The van der Waals surface area contributed by atoms with Crippen LogP contribution in [0.2, 0.25) is 0 Å². The highest BCUT2D eigenvalue weighted by atomic mass is 19.3. The third kappa shape index (κ3) is 6.78. The number of alkyl halides is 2. The van der Waals surface area contributed by atoms with Crippen LogP contribution in [0, 0.1) is 0 Å². The number of ether oxygens (including phenoxy) is 3. The van der Waals surface area contributed by atoms with Crippen molar-refractivity contribution in [1.29, 1.82) is 0 Å². The van der Waals surface area contributed by atoms with Crippen LogP contribution in [0.3, 0.4) is 0 Å². The third-order valence-corrected chi connectivity index (χ3v) is 4.77. The van der Waals surface area contributed by atoms with Crippen LogP contribution in [0.25, 0.3) is 0 Å². The van der Waals surface area contributed by atoms with Crippen LogP contribution in [0.4, 0.5) is 8.78 Å². The van der Waals surface area contributed by atoms with Gasteiger partial charge >= 0.3 is 6.61 Å². The molecular formula is C25H25F2NO4. The van der Waals surface area contributed by atoms with E-state index in [9.17, 15) is 13.6 Å². The second-order valence-electron chi connectivity index (χ2n) is 6.98. The van der Waals surface area contributed by atoms with Crippen molar-refractivity contribution in [3.8, 4) is 11.5 Å². The van der Waals surface area contributed by atoms with Crippen molar-refractivity contribution in [2.75, 3.05) is 20.3 Å². The van der Waals surface area contributed by atoms with E-state index in [2.05, 4.69) is 10.1 Å². The zero-order valence-electron chi connectivity index (χ0n) is 17.7. The number of methoxy groups -OCH3 is 1. The number of amides is 1. The highest BCUT2D eigenvalue weighted by Gasteiger charge is 2.16. The van der Waals surface area contributed by atoms with Crippen LogP contribution in [0.5, 0.6) is 11.5 Å². The molecule has 1 amide bonds. The molecule has 0 radical (unpaired) electrons. The summed E-state index contributed by atoms with van der Waals surface area (Å²) in [4.78, 5) is 12.3. The van der Waals surface area contributed by atoms with Crippen LogP contribution in [0.1, 0.15) is 22.8 Å². The summed E-state index contributed by atoms with van der Waals surface area (Å²) in [6.07, 6.45) is 0.0784. The van der Waals surface area contributed by atoms with Crippen molar-refractivity contribution in [3.05, 3.63) is 95.6 Å². The van der Waals surface area contributed by atoms with Crippen molar-refractivity contribution in [2.45, 2.75) is 19.1 Å². The lowest BCUT2D eigenvalue weighted by molar-refractivity contribution is -0.127. The first kappa shape index (κ1) is 23.2. The molecule has 0 aliphatic carbocycles. The summed E-state index contributed by atoms with van der Waals surface area (Å²) >= 11 is 0. The minimum Gasteiger partial charge on any atom is -0.493 e. The predicted octanol–water partition coefficient (Wildman–Crippen LogP) is 4.76. The van der Waals surface area contributed by atoms with Gasteiger partial charge in [0.1, 0.15) is 12.7 Å². The Hall–Kier alpha value is -3.45. The van der Waals surface area contributed by atoms with E-state index < -0.39 is 6.61 Å². The Kier molecular flexibility index (Phi) is 8.57. The number of halogens is 2. The number of benzene rings is 3. The molecule has 1 N–H and O–H groups in total. The summed E-state index contributed by atoms with van der Waals surface area (Å²) in [5.41, 5.74) is 2.64. The molecule has 3 aromatic carbocycles. The van der Waals surface area contributed by atoms with Crippen molar-refractivity contribution >= 4 is 5.91 Å². The van der Waals surface area contributed by atoms with Gasteiger partial charge in [0.2, 0.25) is 5.91 Å². The minimum absolute atomic E-state index is 0.0387. The van der Waals surface area contributed by atoms with Gasteiger partial charge in [-0.15, -0.1) is 0 Å². The van der Waals surface area contributed by atoms with Crippen molar-refractivity contribution in [2.24, 2.45) is 0 Å². The Bertz CT molecular complexity index is 944. The molecule has 0 saturated heterocycles. The Labute approximate surface area is 185 Å². The third-order valence-electron chi connectivity index (χ3n) is 4.77. The molecule has 0 bridgehead atoms. The average Bonchev–Trinajstić information content (AvgIpc) is 2.80. The molecule has 5 nitrogen and oxygen atoms in total. The predicted molar refractivity (Wildman–Crippen MR) is 117 cm³/mol. The van der Waals surface area contributed by atoms with E-state index >= 15 is 0 Å². The van der Waals surface area contributed by atoms with Crippen molar-refractivity contribution in [1.82, 2.24) is 5.32 Å². The number of rotatable bonds is 11. The number of carbonyl (C=O) groups is 1. The van der Waals surface area contributed by atoms with E-state index in [1.54, 1.807) is 12.1 Å². The molecule has 0 aliphatic rings. The summed E-state index contributed by atoms with van der Waals surface area (Å²) in [7, 11) is 1.38. The van der Waals surface area contributed by atoms with E-state index in [1.807, 2.05) is 60.7 Å². The standard InChI is InChI=1S/C25H25F2NO4/c1-30-21-13-12-18(16-22(21)32-25(26)27)14-15-28-23(29)17-31-24(19-8-4-2-5-9-19)20-10-6-3-7-11-20/h2-13,16,24-25H,14-15,17H2,1H3,(H,28,29). The fourth-order valence-electron chi connectivity index (χ4n) is 3.26. The van der Waals surface area contributed by atoms with E-state index in [0.717, 1.165) is 16.7 Å². The summed E-state index contributed by atoms with van der Waals surface area (Å²) in [6.45, 7) is -2.74. The van der Waals surface area contributed by atoms with E-state index in [1.165, 1.54) is 13.2 Å². The molecule has 0 fully saturated rings. The maximum atomic E-state index is 12.6. The largest absolute Gasteiger partial charge is 0.493 e. The molecule has 32 heavy (non-hydrogen) atoms. The molecule has 0 unspecified atom stereocenters. The first-order valence-corrected chi connectivity index (χ1v) is 10.2. The van der Waals surface area contributed by atoms with E-state index in [-0.39, 0.29) is 30.1 Å². The fourth-order valence-corrected chi connectivity index (χ4v) is 3.26. The summed E-state index contributed by atoms with van der Waals surface area (Å²) < 4.78 is 40.6. The lowest BCUT2D eigenvalue weighted by Crippen LogP contribution is -2.30. The molecule has 0 heterocycles. The second kappa shape index (κ2) is 11.8. The van der Waals surface area contributed by atoms with Crippen LogP contribution in [-0.4, -0.2) is 32.8 Å². The zero-order chi connectivity index (χ0) is 22.8. The van der Waals surface area contributed by atoms with Gasteiger partial charge in [0, 0.05) is 6.54 Å². The average molecular weight is 441 g/mol. The number of carbonyl (C=O) groups excluding carboxylic acids is 1. The van der Waals surface area contributed by atoms with Gasteiger partial charge in [0.05, 0.1) is 7.11 Å². The van der Waals surface area contributed by atoms with Gasteiger partial charge in [-0.3, -0.25) is 4.79 Å². The first-order valence-electron chi connectivity index (χ1n) is 10.2. The monoisotopic (exact) mass is 441 g/mol. The molecule has 168 valence electrons. The molecule has 0 atom stereocenters. The van der Waals surface area contributed by atoms with Crippen molar-refractivity contribution in [3.63, 3.8) is 0 Å². The lowest BCUT2D eigenvalue weighted by Gasteiger charge is -2.19. The van der Waals surface area contributed by atoms with E-state index in [4.69, 9.17) is 9.47 Å². The van der Waals surface area contributed by atoms with Gasteiger partial charge in [-0.2, -0.15) is 8.78 Å². The Morgan fingerprint density at radius 3 is 2.09 bits per heavy atom. The smallest absolute Gasteiger partial charge is 0.387 e. The van der Waals surface area contributed by atoms with Gasteiger partial charge in [-0.05, 0) is 35.2 Å². The van der Waals surface area contributed by atoms with Gasteiger partial charge in [0.25, 0.3) is 0 Å². The van der Waals surface area contributed by atoms with Gasteiger partial charge in [0.15, 0.2) is 11.5 Å². The first-order chi connectivity index (χ1) is 15.6. The fraction of sp³-hybridized carbons (Fsp3) is 0.240. The normalized spacial score (nSPS) is 10.9. The lowest BCUT2D eigenvalue weighted by atomic mass is 10.0. The zero-order valence-corrected chi connectivity index (χ0v) is 17.7. The van der Waals surface area contributed by atoms with Crippen LogP contribution in [-0.2, 0) is 16.0 Å². The van der Waals surface area contributed by atoms with Gasteiger partial charge in [-0.25, -0.2) is 0 Å². The van der Waals surface area contributed by atoms with Gasteiger partial charge < -0.3 is 19.5 Å². The maximum Gasteiger partial charge on any atom is 0.387 e. The SMILES string of the molecule is COc1ccc(CCNC(=O)COC(c2ccccc2)c2ccccc2)cc1OC(F)F. The quantitative estimate of drug-likeness (QED) is 0.466. The summed E-state index contributed by atoms with van der Waals surface area (Å²) in [5.74, 6) is -0.0815. The minimum atomic E-state index is -2.95. The van der Waals surface area contributed by atoms with Gasteiger partial charge in [-0.1, -0.05) is 66.7 Å². The number of hydrogen-bond donors (Lipinski definition) is 1. The van der Waals surface area contributed by atoms with Crippen molar-refractivity contribution < 1.29 is 27.8 Å². The molecule has 3 aromatic rings. The Balaban J connectivity index is 1.54. The second-order valence-corrected chi connectivity index (χ2v) is 6.98. The molecule has 0 aromatic heterocycles. The topological polar surface area (TPSA) is 56.8 Å². The number of hydrogen-bond acceptors (Lipinski definition) is 4. The van der Waals surface area contributed by atoms with E-state index in [0.29, 0.717) is 13.0 Å². The molecular weight excluding hydrogens is 416 g/mol. The highest BCUT2D eigenvalue weighted by Crippen LogP contribution is 2.29. The number of nitrogens with one attached hydrogen (secondary N) is 1. The summed E-state index contributed by atoms with van der Waals surface area (Å²) in [5, 5.41) is 2.79. The maximum absolute atomic E-state index is 12.6. The van der Waals surface area contributed by atoms with Crippen LogP contribution < -0.4 is 14.8 Å². The summed E-state index contributed by atoms with van der Waals surface area (Å²) in [6, 6.07) is 24.2. The van der Waals surface area contributed by atoms with Crippen LogP contribution in [0.15, 0.2) is 78.9 Å². The van der Waals surface area contributed by atoms with Crippen LogP contribution >= 0.6 is 0 Å². The highest BCUT2D eigenvalue weighted by molar-refractivity contribution is 5.77.